The highest BCUT2D eigenvalue weighted by atomic mass is 16.5. The lowest BCUT2D eigenvalue weighted by molar-refractivity contribution is -0.128. The van der Waals surface area contributed by atoms with E-state index in [1.165, 1.54) is 14.5 Å². The lowest BCUT2D eigenvalue weighted by atomic mass is 9.53. The summed E-state index contributed by atoms with van der Waals surface area (Å²) in [6, 6.07) is 0. The zero-order chi connectivity index (χ0) is 20.1. The predicted octanol–water partition coefficient (Wildman–Crippen LogP) is 2.87. The molecule has 7 nitrogen and oxygen atoms in total. The first-order chi connectivity index (χ1) is 12.2. The zero-order valence-electron chi connectivity index (χ0n) is 16.3. The van der Waals surface area contributed by atoms with Gasteiger partial charge in [0.2, 0.25) is 5.70 Å². The third-order valence-electron chi connectivity index (χ3n) is 5.10. The van der Waals surface area contributed by atoms with Gasteiger partial charge in [-0.1, -0.05) is 41.7 Å². The summed E-state index contributed by atoms with van der Waals surface area (Å²) in [6.45, 7) is 13.1. The molecular formula is C19H30N4O3. The molecule has 144 valence electrons. The molecule has 2 aliphatic rings. The topological polar surface area (TPSA) is 99.4 Å². The number of ketones is 1. The maximum atomic E-state index is 12.5. The van der Waals surface area contributed by atoms with Crippen LogP contribution in [0.15, 0.2) is 22.8 Å². The molecule has 3 rings (SSSR count). The molecule has 0 fully saturated rings. The predicted molar refractivity (Wildman–Crippen MR) is 102 cm³/mol. The molecule has 0 spiro atoms. The molecule has 26 heavy (non-hydrogen) atoms. The SMILES string of the molecule is C.CNO.[3H]C.[C-]#[N+]C1=C[C@]2(C)c3[nH]c(=O)ncc3CC[C@H]2C(C)(C)C1=O. The zero-order valence-corrected chi connectivity index (χ0v) is 15.3. The number of aryl methyl sites for hydroxylation is 1. The molecule has 2 atom stereocenters. The Morgan fingerprint density at radius 1 is 1.42 bits per heavy atom. The van der Waals surface area contributed by atoms with Gasteiger partial charge in [0.25, 0.3) is 0 Å². The Kier molecular flexibility index (Phi) is 7.01. The van der Waals surface area contributed by atoms with Crippen LogP contribution in [0.5, 0.6) is 0 Å². The van der Waals surface area contributed by atoms with Crippen LogP contribution < -0.4 is 11.2 Å². The standard InChI is InChI=1S/C16H17N3O2.CH5NO.2CH4/c1-15(2)11-6-5-9-8-18-14(21)19-12(9)16(11,3)7-10(17-4)13(15)20;1-2-3;;/h7-8,11H,5-6H2,1-3H3,(H,18,19,21);2-3H,1H3;2*1H4/t11-,16-;;;/m0.../s1/i;;1T;. The first kappa shape index (κ1) is 21.7. The van der Waals surface area contributed by atoms with Crippen LogP contribution in [0.2, 0.25) is 0 Å². The Hall–Kier alpha value is -2.30. The van der Waals surface area contributed by atoms with Gasteiger partial charge < -0.3 is 15.0 Å². The second-order valence-corrected chi connectivity index (χ2v) is 6.88. The van der Waals surface area contributed by atoms with E-state index in [9.17, 15) is 9.59 Å². The highest BCUT2D eigenvalue weighted by Crippen LogP contribution is 2.53. The lowest BCUT2D eigenvalue weighted by Gasteiger charge is -2.50. The summed E-state index contributed by atoms with van der Waals surface area (Å²) in [5.74, 6) is -0.0339. The van der Waals surface area contributed by atoms with Crippen molar-refractivity contribution in [2.24, 2.45) is 11.3 Å². The van der Waals surface area contributed by atoms with Gasteiger partial charge in [-0.15, -0.1) is 0 Å². The number of Topliss-reactive ketones (excluding diaryl/α,β-unsaturated/α-hetero) is 1. The fourth-order valence-corrected chi connectivity index (χ4v) is 4.07. The van der Waals surface area contributed by atoms with E-state index < -0.39 is 10.8 Å². The number of rotatable bonds is 0. The number of H-pyrrole nitrogens is 1. The molecule has 0 saturated heterocycles. The summed E-state index contributed by atoms with van der Waals surface area (Å²) in [6.07, 6.45) is 4.99. The number of hydroxylamine groups is 1. The molecule has 0 amide bonds. The Morgan fingerprint density at radius 2 is 2.00 bits per heavy atom. The average molecular weight is 364 g/mol. The van der Waals surface area contributed by atoms with E-state index in [1.807, 2.05) is 20.8 Å². The minimum atomic E-state index is -0.610. The van der Waals surface area contributed by atoms with E-state index in [0.29, 0.717) is 0 Å². The van der Waals surface area contributed by atoms with Gasteiger partial charge in [0.1, 0.15) is 0 Å². The van der Waals surface area contributed by atoms with Gasteiger partial charge in [-0.05, 0) is 24.3 Å². The van der Waals surface area contributed by atoms with Crippen LogP contribution in [0.1, 0.15) is 54.6 Å². The van der Waals surface area contributed by atoms with Crippen molar-refractivity contribution in [1.82, 2.24) is 15.4 Å². The van der Waals surface area contributed by atoms with Crippen LogP contribution >= 0.6 is 0 Å². The number of nitrogens with one attached hydrogen (secondary N) is 2. The van der Waals surface area contributed by atoms with Crippen LogP contribution in [-0.2, 0) is 16.6 Å². The number of allylic oxidation sites excluding steroid dienone is 2. The van der Waals surface area contributed by atoms with Gasteiger partial charge in [0.15, 0.2) is 5.78 Å². The smallest absolute Gasteiger partial charge is 0.317 e. The van der Waals surface area contributed by atoms with E-state index in [2.05, 4.69) is 14.8 Å². The van der Waals surface area contributed by atoms with E-state index in [4.69, 9.17) is 13.2 Å². The number of carbonyl (C=O) groups is 1. The Balaban J connectivity index is 0.00000103. The molecule has 1 aromatic rings. The molecule has 1 heterocycles. The minimum Gasteiger partial charge on any atom is -0.317 e. The first-order valence-electron chi connectivity index (χ1n) is 8.77. The Bertz CT molecular complexity index is 795. The van der Waals surface area contributed by atoms with Gasteiger partial charge in [0.05, 0.1) is 6.57 Å². The fourth-order valence-electron chi connectivity index (χ4n) is 4.07. The molecule has 0 aliphatic heterocycles. The number of fused-ring (bicyclic) bond motifs is 3. The molecule has 7 heteroatoms. The summed E-state index contributed by atoms with van der Waals surface area (Å²) < 4.78 is 5.75. The first-order valence-corrected chi connectivity index (χ1v) is 7.77. The van der Waals surface area contributed by atoms with Crippen LogP contribution in [0, 0.1) is 17.9 Å². The Labute approximate surface area is 156 Å². The average Bonchev–Trinajstić information content (AvgIpc) is 2.61. The number of hydrogen-bond donors (Lipinski definition) is 3. The normalized spacial score (nSPS) is 25.1. The third-order valence-corrected chi connectivity index (χ3v) is 5.10. The molecule has 1 aromatic heterocycles. The van der Waals surface area contributed by atoms with Crippen molar-refractivity contribution in [2.45, 2.75) is 53.9 Å². The summed E-state index contributed by atoms with van der Waals surface area (Å²) >= 11 is 0. The van der Waals surface area contributed by atoms with Gasteiger partial charge in [-0.3, -0.25) is 0 Å². The number of carbonyl (C=O) groups excluding carboxylic acids is 1. The van der Waals surface area contributed by atoms with Crippen molar-refractivity contribution in [1.29, 1.82) is 0 Å². The van der Waals surface area contributed by atoms with Crippen molar-refractivity contribution in [3.8, 4) is 0 Å². The van der Waals surface area contributed by atoms with E-state index in [0.717, 1.165) is 24.1 Å². The summed E-state index contributed by atoms with van der Waals surface area (Å²) in [5.41, 5.74) is 2.22. The van der Waals surface area contributed by atoms with Crippen molar-refractivity contribution >= 4 is 5.78 Å². The van der Waals surface area contributed by atoms with Crippen molar-refractivity contribution in [2.75, 3.05) is 7.05 Å². The molecule has 0 unspecified atom stereocenters. The monoisotopic (exact) mass is 364 g/mol. The van der Waals surface area contributed by atoms with Crippen LogP contribution in [-0.4, -0.2) is 28.0 Å². The van der Waals surface area contributed by atoms with Gasteiger partial charge in [-0.2, -0.15) is 0 Å². The second-order valence-electron chi connectivity index (χ2n) is 6.88. The van der Waals surface area contributed by atoms with Crippen LogP contribution in [0.4, 0.5) is 0 Å². The van der Waals surface area contributed by atoms with Gasteiger partial charge >= 0.3 is 5.69 Å². The largest absolute Gasteiger partial charge is 0.345 e. The maximum Gasteiger partial charge on any atom is 0.345 e. The quantitative estimate of drug-likeness (QED) is 0.485. The molecule has 2 aliphatic carbocycles. The second kappa shape index (κ2) is 8.39. The fraction of sp³-hybridized carbons (Fsp3) is 0.579. The van der Waals surface area contributed by atoms with Crippen molar-refractivity contribution in [3.05, 3.63) is 51.1 Å². The van der Waals surface area contributed by atoms with Gasteiger partial charge in [0, 0.05) is 31.1 Å². The molecule has 0 bridgehead atoms. The summed E-state index contributed by atoms with van der Waals surface area (Å²) in [5, 5.41) is 7.32. The molecular weight excluding hydrogens is 332 g/mol. The highest BCUT2D eigenvalue weighted by molar-refractivity contribution is 6.02. The van der Waals surface area contributed by atoms with E-state index >= 15 is 0 Å². The number of aromatic amines is 1. The molecule has 0 aromatic carbocycles. The van der Waals surface area contributed by atoms with Crippen molar-refractivity contribution < 1.29 is 11.4 Å². The van der Waals surface area contributed by atoms with Crippen molar-refractivity contribution in [3.63, 3.8) is 0 Å². The number of hydrogen-bond acceptors (Lipinski definition) is 5. The third kappa shape index (κ3) is 3.62. The van der Waals surface area contributed by atoms with Crippen LogP contribution in [0.25, 0.3) is 4.85 Å². The number of aromatic nitrogens is 2. The summed E-state index contributed by atoms with van der Waals surface area (Å²) in [7, 11) is 2.68. The summed E-state index contributed by atoms with van der Waals surface area (Å²) in [4.78, 5) is 34.1. The van der Waals surface area contributed by atoms with Gasteiger partial charge in [-0.25, -0.2) is 20.1 Å². The van der Waals surface area contributed by atoms with Crippen LogP contribution in [0.3, 0.4) is 0 Å². The molecule has 0 saturated carbocycles. The lowest BCUT2D eigenvalue weighted by Crippen LogP contribution is -2.51. The van der Waals surface area contributed by atoms with E-state index in [1.54, 1.807) is 17.8 Å². The highest BCUT2D eigenvalue weighted by Gasteiger charge is 2.54. The number of nitrogens with zero attached hydrogens (tertiary/aromatic N) is 2. The maximum absolute atomic E-state index is 12.5. The minimum absolute atomic E-state index is 0. The molecule has 0 radical (unpaired) electrons. The van der Waals surface area contributed by atoms with E-state index in [-0.39, 0.29) is 30.5 Å². The Morgan fingerprint density at radius 3 is 2.54 bits per heavy atom. The molecule has 3 N–H and O–H groups in total.